The number of sulfone groups is 2. The van der Waals surface area contributed by atoms with Gasteiger partial charge in [-0.15, -0.1) is 11.3 Å². The van der Waals surface area contributed by atoms with Crippen molar-refractivity contribution in [2.75, 3.05) is 6.26 Å². The Bertz CT molecular complexity index is 1150. The Morgan fingerprint density at radius 1 is 0.923 bits per heavy atom. The molecule has 0 spiro atoms. The number of hydrogen-bond acceptors (Lipinski definition) is 7. The van der Waals surface area contributed by atoms with Gasteiger partial charge in [0.05, 0.1) is 9.79 Å². The van der Waals surface area contributed by atoms with Crippen molar-refractivity contribution in [3.63, 3.8) is 0 Å². The first-order valence-corrected chi connectivity index (χ1v) is 11.7. The summed E-state index contributed by atoms with van der Waals surface area (Å²) in [5.74, 6) is 0. The molecule has 0 unspecified atom stereocenters. The monoisotopic (exact) mass is 408 g/mol. The fourth-order valence-electron chi connectivity index (χ4n) is 2.38. The van der Waals surface area contributed by atoms with Crippen LogP contribution in [-0.4, -0.2) is 28.1 Å². The summed E-state index contributed by atoms with van der Waals surface area (Å²) in [4.78, 5) is 4.53. The van der Waals surface area contributed by atoms with E-state index in [0.29, 0.717) is 11.1 Å². The van der Waals surface area contributed by atoms with Crippen molar-refractivity contribution in [3.8, 4) is 11.1 Å². The Morgan fingerprint density at radius 3 is 2.15 bits per heavy atom. The summed E-state index contributed by atoms with van der Waals surface area (Å²) in [5.41, 5.74) is 6.72. The second-order valence-corrected chi connectivity index (χ2v) is 11.0. The van der Waals surface area contributed by atoms with Crippen LogP contribution in [-0.2, 0) is 26.2 Å². The van der Waals surface area contributed by atoms with Gasteiger partial charge in [0.25, 0.3) is 0 Å². The molecule has 0 aliphatic carbocycles. The fraction of sp³-hybridized carbons (Fsp3) is 0.118. The van der Waals surface area contributed by atoms with E-state index in [9.17, 15) is 16.8 Å². The SMILES string of the molecule is CS(=O)(=O)c1cc(-c2ccncc2)cc(S(=O)(=O)c2ccc(CN)s2)c1. The standard InChI is InChI=1S/C17H16N2O4S3/c1-25(20,21)15-8-13(12-4-6-19-7-5-12)9-16(10-15)26(22,23)17-3-2-14(11-18)24-17/h2-10H,11,18H2,1H3. The Labute approximate surface area is 156 Å². The molecule has 0 atom stereocenters. The Morgan fingerprint density at radius 2 is 1.58 bits per heavy atom. The lowest BCUT2D eigenvalue weighted by atomic mass is 10.1. The molecule has 2 N–H and O–H groups in total. The molecular weight excluding hydrogens is 392 g/mol. The molecule has 6 nitrogen and oxygen atoms in total. The molecule has 2 aromatic heterocycles. The maximum Gasteiger partial charge on any atom is 0.216 e. The number of benzene rings is 1. The molecular formula is C17H16N2O4S3. The summed E-state index contributed by atoms with van der Waals surface area (Å²) in [5, 5.41) is 0. The molecule has 26 heavy (non-hydrogen) atoms. The van der Waals surface area contributed by atoms with Crippen molar-refractivity contribution in [2.24, 2.45) is 5.73 Å². The van der Waals surface area contributed by atoms with Crippen LogP contribution in [0.25, 0.3) is 11.1 Å². The van der Waals surface area contributed by atoms with Crippen LogP contribution < -0.4 is 5.73 Å². The average Bonchev–Trinajstić information content (AvgIpc) is 3.11. The van der Waals surface area contributed by atoms with E-state index in [1.165, 1.54) is 24.3 Å². The van der Waals surface area contributed by atoms with E-state index in [1.54, 1.807) is 30.6 Å². The third-order valence-corrected chi connectivity index (χ3v) is 8.16. The smallest absolute Gasteiger partial charge is 0.216 e. The highest BCUT2D eigenvalue weighted by Crippen LogP contribution is 2.32. The second kappa shape index (κ2) is 6.92. The number of pyridine rings is 1. The van der Waals surface area contributed by atoms with E-state index in [4.69, 9.17) is 5.73 Å². The number of hydrogen-bond donors (Lipinski definition) is 1. The van der Waals surface area contributed by atoms with Gasteiger partial charge in [-0.05, 0) is 53.6 Å². The third kappa shape index (κ3) is 3.70. The number of rotatable bonds is 5. The zero-order valence-corrected chi connectivity index (χ0v) is 16.2. The first-order valence-electron chi connectivity index (χ1n) is 7.51. The maximum absolute atomic E-state index is 13.0. The number of thiophene rings is 1. The fourth-order valence-corrected chi connectivity index (χ4v) is 5.84. The molecule has 3 rings (SSSR count). The van der Waals surface area contributed by atoms with Crippen LogP contribution in [0.1, 0.15) is 4.88 Å². The molecule has 1 aromatic carbocycles. The van der Waals surface area contributed by atoms with Gasteiger partial charge in [0.15, 0.2) is 9.84 Å². The quantitative estimate of drug-likeness (QED) is 0.695. The normalized spacial score (nSPS) is 12.2. The second-order valence-electron chi connectivity index (χ2n) is 5.63. The largest absolute Gasteiger partial charge is 0.326 e. The van der Waals surface area contributed by atoms with Gasteiger partial charge in [-0.25, -0.2) is 16.8 Å². The van der Waals surface area contributed by atoms with Gasteiger partial charge in [-0.2, -0.15) is 0 Å². The molecule has 9 heteroatoms. The van der Waals surface area contributed by atoms with Crippen LogP contribution in [0.5, 0.6) is 0 Å². The molecule has 0 saturated carbocycles. The molecule has 0 aliphatic heterocycles. The topological polar surface area (TPSA) is 107 Å². The van der Waals surface area contributed by atoms with E-state index >= 15 is 0 Å². The minimum atomic E-state index is -3.86. The highest BCUT2D eigenvalue weighted by atomic mass is 32.2. The summed E-state index contributed by atoms with van der Waals surface area (Å²) in [6.07, 6.45) is 4.17. The Hall–Kier alpha value is -2.07. The van der Waals surface area contributed by atoms with Crippen LogP contribution in [0.3, 0.4) is 0 Å². The molecule has 0 saturated heterocycles. The predicted molar refractivity (Wildman–Crippen MR) is 100 cm³/mol. The molecule has 136 valence electrons. The summed E-state index contributed by atoms with van der Waals surface area (Å²) >= 11 is 1.08. The van der Waals surface area contributed by atoms with Crippen LogP contribution >= 0.6 is 11.3 Å². The molecule has 3 aromatic rings. The summed E-state index contributed by atoms with van der Waals surface area (Å²) < 4.78 is 50.2. The molecule has 0 radical (unpaired) electrons. The number of nitrogens with two attached hydrogens (primary N) is 1. The Balaban J connectivity index is 2.24. The molecule has 0 fully saturated rings. The van der Waals surface area contributed by atoms with Gasteiger partial charge >= 0.3 is 0 Å². The molecule has 0 bridgehead atoms. The van der Waals surface area contributed by atoms with Gasteiger partial charge in [-0.1, -0.05) is 0 Å². The van der Waals surface area contributed by atoms with E-state index < -0.39 is 19.7 Å². The lowest BCUT2D eigenvalue weighted by Crippen LogP contribution is -2.04. The summed E-state index contributed by atoms with van der Waals surface area (Å²) in [6.45, 7) is 0.242. The van der Waals surface area contributed by atoms with Gasteiger partial charge in [0.1, 0.15) is 4.21 Å². The molecule has 0 amide bonds. The van der Waals surface area contributed by atoms with Gasteiger partial charge in [0.2, 0.25) is 9.84 Å². The highest BCUT2D eigenvalue weighted by molar-refractivity contribution is 7.93. The Kier molecular flexibility index (Phi) is 4.98. The van der Waals surface area contributed by atoms with Crippen LogP contribution in [0.4, 0.5) is 0 Å². The summed E-state index contributed by atoms with van der Waals surface area (Å²) in [7, 11) is -7.45. The van der Waals surface area contributed by atoms with E-state index in [1.807, 2.05) is 0 Å². The predicted octanol–water partition coefficient (Wildman–Crippen LogP) is 2.51. The minimum Gasteiger partial charge on any atom is -0.326 e. The summed E-state index contributed by atoms with van der Waals surface area (Å²) in [6, 6.07) is 10.6. The van der Waals surface area contributed by atoms with Crippen molar-refractivity contribution in [1.29, 1.82) is 0 Å². The zero-order chi connectivity index (χ0) is 18.9. The van der Waals surface area contributed by atoms with Gasteiger partial charge < -0.3 is 5.73 Å². The third-order valence-electron chi connectivity index (χ3n) is 3.74. The maximum atomic E-state index is 13.0. The lowest BCUT2D eigenvalue weighted by molar-refractivity contribution is 0.597. The number of aromatic nitrogens is 1. The van der Waals surface area contributed by atoms with Gasteiger partial charge in [0, 0.05) is 30.1 Å². The van der Waals surface area contributed by atoms with E-state index in [-0.39, 0.29) is 20.5 Å². The molecule has 2 heterocycles. The zero-order valence-electron chi connectivity index (χ0n) is 13.8. The molecule has 0 aliphatic rings. The first kappa shape index (κ1) is 18.7. The van der Waals surface area contributed by atoms with Gasteiger partial charge in [-0.3, -0.25) is 4.98 Å². The van der Waals surface area contributed by atoms with Crippen LogP contribution in [0.15, 0.2) is 68.9 Å². The lowest BCUT2D eigenvalue weighted by Gasteiger charge is -2.09. The highest BCUT2D eigenvalue weighted by Gasteiger charge is 2.23. The van der Waals surface area contributed by atoms with Crippen LogP contribution in [0.2, 0.25) is 0 Å². The minimum absolute atomic E-state index is 0.0546. The van der Waals surface area contributed by atoms with Crippen molar-refractivity contribution in [1.82, 2.24) is 4.98 Å². The van der Waals surface area contributed by atoms with Crippen molar-refractivity contribution in [3.05, 3.63) is 59.7 Å². The number of nitrogens with zero attached hydrogens (tertiary/aromatic N) is 1. The van der Waals surface area contributed by atoms with E-state index in [2.05, 4.69) is 4.98 Å². The van der Waals surface area contributed by atoms with Crippen LogP contribution in [0, 0.1) is 0 Å². The van der Waals surface area contributed by atoms with E-state index in [0.717, 1.165) is 22.5 Å². The first-order chi connectivity index (χ1) is 12.2. The van der Waals surface area contributed by atoms with Crippen molar-refractivity contribution in [2.45, 2.75) is 20.5 Å². The average molecular weight is 409 g/mol. The van der Waals surface area contributed by atoms with Crippen molar-refractivity contribution < 1.29 is 16.8 Å². The van der Waals surface area contributed by atoms with Crippen molar-refractivity contribution >= 4 is 31.0 Å².